The molecule has 1 aliphatic rings. The van der Waals surface area contributed by atoms with Crippen LogP contribution in [0.4, 0.5) is 5.69 Å². The fraction of sp³-hybridized carbons (Fsp3) is 0.160. The number of aromatic nitrogens is 1. The van der Waals surface area contributed by atoms with Gasteiger partial charge in [-0.1, -0.05) is 53.2 Å². The van der Waals surface area contributed by atoms with Crippen molar-refractivity contribution in [3.63, 3.8) is 0 Å². The average Bonchev–Trinajstić information content (AvgIpc) is 3.45. The molecule has 0 spiro atoms. The van der Waals surface area contributed by atoms with Crippen LogP contribution in [0, 0.1) is 5.92 Å². The van der Waals surface area contributed by atoms with Crippen molar-refractivity contribution in [1.29, 1.82) is 0 Å². The molecule has 0 bridgehead atoms. The molecule has 3 aromatic carbocycles. The molecule has 0 aliphatic carbocycles. The molecule has 4 aromatic rings. The lowest BCUT2D eigenvalue weighted by Crippen LogP contribution is -2.32. The van der Waals surface area contributed by atoms with Gasteiger partial charge >= 0.3 is 0 Å². The summed E-state index contributed by atoms with van der Waals surface area (Å²) in [6, 6.07) is 23.0. The van der Waals surface area contributed by atoms with Gasteiger partial charge in [0.25, 0.3) is 0 Å². The summed E-state index contributed by atoms with van der Waals surface area (Å²) in [6.07, 6.45) is 0.176. The first kappa shape index (κ1) is 20.3. The summed E-state index contributed by atoms with van der Waals surface area (Å²) >= 11 is 5.92. The molecule has 2 heterocycles. The van der Waals surface area contributed by atoms with Gasteiger partial charge in [-0.05, 0) is 41.1 Å². The van der Waals surface area contributed by atoms with Crippen molar-refractivity contribution >= 4 is 39.9 Å². The van der Waals surface area contributed by atoms with Gasteiger partial charge in [-0.3, -0.25) is 9.59 Å². The van der Waals surface area contributed by atoms with E-state index in [9.17, 15) is 9.59 Å². The highest BCUT2D eigenvalue weighted by atomic mass is 35.5. The number of hydrogen-bond donors (Lipinski definition) is 1. The number of benzene rings is 3. The molecular weight excluding hydrogens is 426 g/mol. The van der Waals surface area contributed by atoms with E-state index >= 15 is 0 Å². The number of hydrogen-bond acceptors (Lipinski definition) is 4. The number of rotatable bonds is 5. The van der Waals surface area contributed by atoms with E-state index in [-0.39, 0.29) is 24.8 Å². The molecule has 1 N–H and O–H groups in total. The van der Waals surface area contributed by atoms with Crippen molar-refractivity contribution in [2.75, 3.05) is 11.4 Å². The Bertz CT molecular complexity index is 1300. The number of nitrogens with one attached hydrogen (secondary N) is 1. The van der Waals surface area contributed by atoms with E-state index in [4.69, 9.17) is 16.1 Å². The van der Waals surface area contributed by atoms with Crippen molar-refractivity contribution in [3.8, 4) is 11.3 Å². The van der Waals surface area contributed by atoms with Crippen LogP contribution in [-0.2, 0) is 16.1 Å². The molecule has 0 saturated carbocycles. The van der Waals surface area contributed by atoms with E-state index in [0.29, 0.717) is 23.0 Å². The molecule has 1 unspecified atom stereocenters. The summed E-state index contributed by atoms with van der Waals surface area (Å²) < 4.78 is 5.48. The topological polar surface area (TPSA) is 75.4 Å². The minimum Gasteiger partial charge on any atom is -0.356 e. The molecule has 1 fully saturated rings. The third-order valence-electron chi connectivity index (χ3n) is 5.67. The number of amides is 2. The maximum Gasteiger partial charge on any atom is 0.227 e. The molecule has 2 amide bonds. The fourth-order valence-electron chi connectivity index (χ4n) is 3.95. The Hall–Kier alpha value is -3.64. The van der Waals surface area contributed by atoms with E-state index < -0.39 is 5.92 Å². The highest BCUT2D eigenvalue weighted by Crippen LogP contribution is 2.27. The second-order valence-electron chi connectivity index (χ2n) is 7.84. The Morgan fingerprint density at radius 2 is 1.84 bits per heavy atom. The molecule has 6 nitrogen and oxygen atoms in total. The van der Waals surface area contributed by atoms with Crippen LogP contribution in [0.15, 0.2) is 77.3 Å². The molecule has 160 valence electrons. The summed E-state index contributed by atoms with van der Waals surface area (Å²) in [4.78, 5) is 26.7. The van der Waals surface area contributed by atoms with Gasteiger partial charge in [0.05, 0.1) is 12.5 Å². The van der Waals surface area contributed by atoms with E-state index in [1.165, 1.54) is 0 Å². The quantitative estimate of drug-likeness (QED) is 0.478. The maximum atomic E-state index is 12.6. The lowest BCUT2D eigenvalue weighted by molar-refractivity contribution is -0.126. The van der Waals surface area contributed by atoms with Gasteiger partial charge in [0, 0.05) is 35.3 Å². The number of anilines is 1. The molecule has 32 heavy (non-hydrogen) atoms. The first-order valence-corrected chi connectivity index (χ1v) is 10.7. The van der Waals surface area contributed by atoms with Crippen molar-refractivity contribution < 1.29 is 14.1 Å². The number of carbonyl (C=O) groups is 2. The van der Waals surface area contributed by atoms with E-state index in [1.807, 2.05) is 42.5 Å². The first-order valence-electron chi connectivity index (χ1n) is 10.4. The summed E-state index contributed by atoms with van der Waals surface area (Å²) in [5.74, 6) is -0.0208. The molecule has 1 aliphatic heterocycles. The van der Waals surface area contributed by atoms with Gasteiger partial charge in [0.2, 0.25) is 11.8 Å². The van der Waals surface area contributed by atoms with Gasteiger partial charge < -0.3 is 14.7 Å². The zero-order valence-corrected chi connectivity index (χ0v) is 17.9. The Labute approximate surface area is 189 Å². The van der Waals surface area contributed by atoms with Crippen LogP contribution in [0.5, 0.6) is 0 Å². The fourth-order valence-corrected chi connectivity index (χ4v) is 4.08. The third kappa shape index (κ3) is 4.09. The van der Waals surface area contributed by atoms with Crippen molar-refractivity contribution in [2.45, 2.75) is 13.0 Å². The predicted octanol–water partition coefficient (Wildman–Crippen LogP) is 4.82. The molecule has 7 heteroatoms. The molecular formula is C25H20ClN3O3. The Balaban J connectivity index is 1.21. The number of halogens is 1. The molecule has 5 rings (SSSR count). The van der Waals surface area contributed by atoms with Crippen LogP contribution in [0.2, 0.25) is 5.02 Å². The normalized spacial score (nSPS) is 16.0. The summed E-state index contributed by atoms with van der Waals surface area (Å²) in [5, 5.41) is 9.83. The minimum absolute atomic E-state index is 0.0764. The number of nitrogens with zero attached hydrogens (tertiary/aromatic N) is 2. The first-order chi connectivity index (χ1) is 15.6. The Morgan fingerprint density at radius 3 is 2.66 bits per heavy atom. The van der Waals surface area contributed by atoms with Crippen LogP contribution in [0.3, 0.4) is 0 Å². The lowest BCUT2D eigenvalue weighted by atomic mass is 10.1. The highest BCUT2D eigenvalue weighted by molar-refractivity contribution is 6.30. The highest BCUT2D eigenvalue weighted by Gasteiger charge is 2.35. The standard InChI is InChI=1S/C25H20ClN3O3/c26-20-7-9-22(10-8-20)29-15-19(12-24(29)30)25(31)27-14-21-13-23(32-28-21)18-6-5-16-3-1-2-4-17(16)11-18/h1-11,13,19H,12,14-15H2,(H,27,31). The van der Waals surface area contributed by atoms with Crippen LogP contribution < -0.4 is 10.2 Å². The van der Waals surface area contributed by atoms with Crippen LogP contribution in [0.1, 0.15) is 12.1 Å². The monoisotopic (exact) mass is 445 g/mol. The van der Waals surface area contributed by atoms with Crippen molar-refractivity contribution in [3.05, 3.63) is 83.5 Å². The van der Waals surface area contributed by atoms with Crippen LogP contribution >= 0.6 is 11.6 Å². The number of fused-ring (bicyclic) bond motifs is 1. The zero-order chi connectivity index (χ0) is 22.1. The zero-order valence-electron chi connectivity index (χ0n) is 17.1. The summed E-state index contributed by atoms with van der Waals surface area (Å²) in [6.45, 7) is 0.578. The van der Waals surface area contributed by atoms with Crippen LogP contribution in [0.25, 0.3) is 22.1 Å². The second kappa shape index (κ2) is 8.48. The SMILES string of the molecule is O=C(NCc1cc(-c2ccc3ccccc3c2)on1)C1CC(=O)N(c2ccc(Cl)cc2)C1. The van der Waals surface area contributed by atoms with Gasteiger partial charge in [0.15, 0.2) is 5.76 Å². The van der Waals surface area contributed by atoms with Crippen molar-refractivity contribution in [1.82, 2.24) is 10.5 Å². The smallest absolute Gasteiger partial charge is 0.227 e. The minimum atomic E-state index is -0.412. The van der Waals surface area contributed by atoms with Gasteiger partial charge in [-0.15, -0.1) is 0 Å². The largest absolute Gasteiger partial charge is 0.356 e. The van der Waals surface area contributed by atoms with E-state index in [2.05, 4.69) is 16.5 Å². The van der Waals surface area contributed by atoms with Gasteiger partial charge in [-0.2, -0.15) is 0 Å². The summed E-state index contributed by atoms with van der Waals surface area (Å²) in [5.41, 5.74) is 2.29. The predicted molar refractivity (Wildman–Crippen MR) is 123 cm³/mol. The van der Waals surface area contributed by atoms with Crippen molar-refractivity contribution in [2.24, 2.45) is 5.92 Å². The number of carbonyl (C=O) groups excluding carboxylic acids is 2. The molecule has 1 atom stereocenters. The average molecular weight is 446 g/mol. The lowest BCUT2D eigenvalue weighted by Gasteiger charge is -2.16. The second-order valence-corrected chi connectivity index (χ2v) is 8.28. The molecule has 0 radical (unpaired) electrons. The van der Waals surface area contributed by atoms with E-state index in [0.717, 1.165) is 22.0 Å². The Kier molecular flexibility index (Phi) is 5.37. The van der Waals surface area contributed by atoms with Crippen LogP contribution in [-0.4, -0.2) is 23.5 Å². The van der Waals surface area contributed by atoms with Gasteiger partial charge in [-0.25, -0.2) is 0 Å². The Morgan fingerprint density at radius 1 is 1.06 bits per heavy atom. The summed E-state index contributed by atoms with van der Waals surface area (Å²) in [7, 11) is 0. The van der Waals surface area contributed by atoms with E-state index in [1.54, 1.807) is 29.2 Å². The third-order valence-corrected chi connectivity index (χ3v) is 5.92. The molecule has 1 aromatic heterocycles. The maximum absolute atomic E-state index is 12.6. The molecule has 1 saturated heterocycles. The van der Waals surface area contributed by atoms with Gasteiger partial charge in [0.1, 0.15) is 5.69 Å².